The van der Waals surface area contributed by atoms with Crippen molar-refractivity contribution in [3.63, 3.8) is 0 Å². The van der Waals surface area contributed by atoms with Crippen LogP contribution in [0.4, 0.5) is 5.69 Å². The average Bonchev–Trinajstić information content (AvgIpc) is 2.85. The summed E-state index contributed by atoms with van der Waals surface area (Å²) in [5, 5.41) is 13.1. The first-order chi connectivity index (χ1) is 12.2. The molecule has 130 valence electrons. The van der Waals surface area contributed by atoms with Crippen LogP contribution in [0, 0.1) is 0 Å². The number of H-pyrrole nitrogens is 1. The Hall–Kier alpha value is -2.83. The summed E-state index contributed by atoms with van der Waals surface area (Å²) < 4.78 is 5.36. The lowest BCUT2D eigenvalue weighted by atomic mass is 10.1. The number of aromatic nitrogens is 2. The number of rotatable bonds is 3. The summed E-state index contributed by atoms with van der Waals surface area (Å²) in [5.41, 5.74) is 4.47. The normalized spacial score (nSPS) is 16.1. The van der Waals surface area contributed by atoms with E-state index < -0.39 is 0 Å². The molecule has 0 saturated heterocycles. The minimum atomic E-state index is -0.191. The number of hydrogen-bond acceptors (Lipinski definition) is 4. The highest BCUT2D eigenvalue weighted by atomic mass is 16.5. The van der Waals surface area contributed by atoms with Gasteiger partial charge in [0.25, 0.3) is 11.8 Å². The van der Waals surface area contributed by atoms with Crippen LogP contribution in [0.15, 0.2) is 18.2 Å². The highest BCUT2D eigenvalue weighted by Gasteiger charge is 2.19. The van der Waals surface area contributed by atoms with Gasteiger partial charge in [0, 0.05) is 11.3 Å². The van der Waals surface area contributed by atoms with Gasteiger partial charge in [0.05, 0.1) is 17.9 Å². The van der Waals surface area contributed by atoms with Gasteiger partial charge in [0.15, 0.2) is 6.61 Å². The summed E-state index contributed by atoms with van der Waals surface area (Å²) in [6.45, 7) is 0.372. The van der Waals surface area contributed by atoms with Gasteiger partial charge in [-0.3, -0.25) is 14.7 Å². The van der Waals surface area contributed by atoms with Crippen molar-refractivity contribution in [2.24, 2.45) is 0 Å². The van der Waals surface area contributed by atoms with Crippen LogP contribution in [0.3, 0.4) is 0 Å². The highest BCUT2D eigenvalue weighted by Crippen LogP contribution is 2.28. The number of nitrogens with one attached hydrogen (secondary N) is 3. The molecule has 2 aliphatic rings. The van der Waals surface area contributed by atoms with Crippen molar-refractivity contribution >= 4 is 17.5 Å². The molecule has 7 heteroatoms. The Bertz CT molecular complexity index is 828. The zero-order chi connectivity index (χ0) is 17.2. The number of carbonyl (C=O) groups is 2. The minimum absolute atomic E-state index is 0.0303. The molecule has 1 aromatic carbocycles. The second-order valence-corrected chi connectivity index (χ2v) is 6.42. The van der Waals surface area contributed by atoms with Crippen LogP contribution in [0.1, 0.15) is 46.6 Å². The maximum atomic E-state index is 12.4. The summed E-state index contributed by atoms with van der Waals surface area (Å²) in [7, 11) is 0. The highest BCUT2D eigenvalue weighted by molar-refractivity contribution is 5.98. The minimum Gasteiger partial charge on any atom is -0.482 e. The van der Waals surface area contributed by atoms with Crippen molar-refractivity contribution in [2.75, 3.05) is 11.9 Å². The number of nitrogens with zero attached hydrogens (tertiary/aromatic N) is 1. The Labute approximate surface area is 145 Å². The second kappa shape index (κ2) is 6.58. The van der Waals surface area contributed by atoms with E-state index >= 15 is 0 Å². The van der Waals surface area contributed by atoms with E-state index in [1.54, 1.807) is 18.2 Å². The third-order valence-corrected chi connectivity index (χ3v) is 4.69. The molecule has 2 heterocycles. The first-order valence-electron chi connectivity index (χ1n) is 8.60. The summed E-state index contributed by atoms with van der Waals surface area (Å²) in [6.07, 6.45) is 5.64. The Morgan fingerprint density at radius 1 is 1.24 bits per heavy atom. The van der Waals surface area contributed by atoms with Gasteiger partial charge in [0.1, 0.15) is 5.75 Å². The van der Waals surface area contributed by atoms with Crippen LogP contribution >= 0.6 is 0 Å². The number of ether oxygens (including phenoxy) is 1. The smallest absolute Gasteiger partial charge is 0.262 e. The van der Waals surface area contributed by atoms with Crippen molar-refractivity contribution in [3.05, 3.63) is 40.7 Å². The molecule has 25 heavy (non-hydrogen) atoms. The molecule has 1 aliphatic heterocycles. The third kappa shape index (κ3) is 3.22. The Morgan fingerprint density at radius 3 is 3.04 bits per heavy atom. The van der Waals surface area contributed by atoms with E-state index in [2.05, 4.69) is 20.8 Å². The topological polar surface area (TPSA) is 96.1 Å². The number of benzene rings is 1. The number of carbonyl (C=O) groups excluding carboxylic acids is 2. The van der Waals surface area contributed by atoms with Gasteiger partial charge < -0.3 is 15.4 Å². The second-order valence-electron chi connectivity index (χ2n) is 6.42. The van der Waals surface area contributed by atoms with E-state index in [0.29, 0.717) is 23.5 Å². The molecule has 3 N–H and O–H groups in total. The number of aryl methyl sites for hydroxylation is 1. The van der Waals surface area contributed by atoms with Gasteiger partial charge in [-0.2, -0.15) is 5.10 Å². The third-order valence-electron chi connectivity index (χ3n) is 4.69. The van der Waals surface area contributed by atoms with Crippen molar-refractivity contribution < 1.29 is 14.3 Å². The lowest BCUT2D eigenvalue weighted by molar-refractivity contribution is -0.118. The van der Waals surface area contributed by atoms with Gasteiger partial charge in [-0.05, 0) is 49.4 Å². The maximum Gasteiger partial charge on any atom is 0.262 e. The Balaban J connectivity index is 1.44. The van der Waals surface area contributed by atoms with Crippen molar-refractivity contribution in [1.29, 1.82) is 0 Å². The predicted octanol–water partition coefficient (Wildman–Crippen LogP) is 1.94. The average molecular weight is 340 g/mol. The SMILES string of the molecule is O=C1COc2cc(C(=O)NCc3n[nH]c4c3CCCCC4)ccc2N1. The van der Waals surface area contributed by atoms with Crippen LogP contribution in [-0.2, 0) is 24.2 Å². The van der Waals surface area contributed by atoms with Gasteiger partial charge in [0.2, 0.25) is 0 Å². The molecule has 1 aromatic heterocycles. The molecule has 0 saturated carbocycles. The molecule has 7 nitrogen and oxygen atoms in total. The number of hydrogen-bond donors (Lipinski definition) is 3. The van der Waals surface area contributed by atoms with Gasteiger partial charge >= 0.3 is 0 Å². The molecule has 2 aromatic rings. The van der Waals surface area contributed by atoms with Crippen LogP contribution in [-0.4, -0.2) is 28.6 Å². The first-order valence-corrected chi connectivity index (χ1v) is 8.60. The molecule has 1 aliphatic carbocycles. The van der Waals surface area contributed by atoms with E-state index in [0.717, 1.165) is 18.5 Å². The fraction of sp³-hybridized carbons (Fsp3) is 0.389. The van der Waals surface area contributed by atoms with Crippen molar-refractivity contribution in [2.45, 2.75) is 38.6 Å². The molecule has 0 radical (unpaired) electrons. The summed E-state index contributed by atoms with van der Waals surface area (Å²) >= 11 is 0. The first kappa shape index (κ1) is 15.7. The molecule has 0 atom stereocenters. The monoisotopic (exact) mass is 340 g/mol. The molecular formula is C18H20N4O3. The summed E-state index contributed by atoms with van der Waals surface area (Å²) in [6, 6.07) is 5.01. The molecule has 0 spiro atoms. The molecule has 4 rings (SSSR count). The zero-order valence-electron chi connectivity index (χ0n) is 13.9. The number of amides is 2. The van der Waals surface area contributed by atoms with E-state index in [-0.39, 0.29) is 18.4 Å². The fourth-order valence-electron chi connectivity index (χ4n) is 3.35. The lowest BCUT2D eigenvalue weighted by Crippen LogP contribution is -2.27. The number of anilines is 1. The zero-order valence-corrected chi connectivity index (χ0v) is 13.9. The summed E-state index contributed by atoms with van der Waals surface area (Å²) in [4.78, 5) is 23.7. The van der Waals surface area contributed by atoms with E-state index in [9.17, 15) is 9.59 Å². The van der Waals surface area contributed by atoms with Gasteiger partial charge in [-0.1, -0.05) is 6.42 Å². The molecule has 2 amide bonds. The van der Waals surface area contributed by atoms with Crippen LogP contribution in [0.5, 0.6) is 5.75 Å². The van der Waals surface area contributed by atoms with E-state index in [1.807, 2.05) is 0 Å². The van der Waals surface area contributed by atoms with E-state index in [1.165, 1.54) is 30.5 Å². The molecule has 0 unspecified atom stereocenters. The maximum absolute atomic E-state index is 12.4. The van der Waals surface area contributed by atoms with E-state index in [4.69, 9.17) is 4.74 Å². The summed E-state index contributed by atoms with van der Waals surface area (Å²) in [5.74, 6) is 0.137. The molecular weight excluding hydrogens is 320 g/mol. The van der Waals surface area contributed by atoms with Crippen LogP contribution in [0.25, 0.3) is 0 Å². The predicted molar refractivity (Wildman–Crippen MR) is 91.6 cm³/mol. The molecule has 0 bridgehead atoms. The quantitative estimate of drug-likeness (QED) is 0.744. The molecule has 0 fully saturated rings. The van der Waals surface area contributed by atoms with Crippen molar-refractivity contribution in [3.8, 4) is 5.75 Å². The van der Waals surface area contributed by atoms with Crippen LogP contribution in [0.2, 0.25) is 0 Å². The Kier molecular flexibility index (Phi) is 4.13. The van der Waals surface area contributed by atoms with Gasteiger partial charge in [-0.15, -0.1) is 0 Å². The standard InChI is InChI=1S/C18H20N4O3/c23-17-10-25-16-8-11(6-7-14(16)20-17)18(24)19-9-15-12-4-2-1-3-5-13(12)21-22-15/h6-8H,1-5,9-10H2,(H,19,24)(H,20,23)(H,21,22). The fourth-order valence-corrected chi connectivity index (χ4v) is 3.35. The van der Waals surface area contributed by atoms with Crippen LogP contribution < -0.4 is 15.4 Å². The largest absolute Gasteiger partial charge is 0.482 e. The lowest BCUT2D eigenvalue weighted by Gasteiger charge is -2.18. The van der Waals surface area contributed by atoms with Crippen molar-refractivity contribution in [1.82, 2.24) is 15.5 Å². The van der Waals surface area contributed by atoms with Gasteiger partial charge in [-0.25, -0.2) is 0 Å². The Morgan fingerprint density at radius 2 is 2.12 bits per heavy atom. The number of aromatic amines is 1. The number of fused-ring (bicyclic) bond motifs is 2.